The first-order chi connectivity index (χ1) is 3.77. The molecule has 1 atom stereocenters. The van der Waals surface area contributed by atoms with Crippen molar-refractivity contribution in [3.63, 3.8) is 0 Å². The number of carbonyl (C=O) groups is 1. The van der Waals surface area contributed by atoms with Gasteiger partial charge in [-0.3, -0.25) is 0 Å². The fourth-order valence-corrected chi connectivity index (χ4v) is 0.947. The highest BCUT2D eigenvalue weighted by Gasteiger charge is 2.28. The Kier molecular flexibility index (Phi) is 1.34. The van der Waals surface area contributed by atoms with Crippen LogP contribution in [0.3, 0.4) is 0 Å². The number of hydrogen-bond donors (Lipinski definition) is 0. The lowest BCUT2D eigenvalue weighted by atomic mass is 10.0. The van der Waals surface area contributed by atoms with Crippen molar-refractivity contribution in [1.29, 1.82) is 0 Å². The van der Waals surface area contributed by atoms with E-state index in [-0.39, 0.29) is 5.54 Å². The summed E-state index contributed by atoms with van der Waals surface area (Å²) in [6.07, 6.45) is 2.96. The quantitative estimate of drug-likeness (QED) is 0.450. The van der Waals surface area contributed by atoms with Crippen LogP contribution in [0, 0.1) is 0 Å². The smallest absolute Gasteiger partial charge is 0.141 e. The third kappa shape index (κ3) is 0.892. The standard InChI is InChI=1S/C6H10NO/c1-6(5-8)3-2-4-7-6/h5H,2-4H2,1H3/t6-/m0/s1. The highest BCUT2D eigenvalue weighted by molar-refractivity contribution is 5.63. The molecule has 1 fully saturated rings. The normalized spacial score (nSPS) is 37.6. The minimum atomic E-state index is -0.319. The summed E-state index contributed by atoms with van der Waals surface area (Å²) in [5, 5.41) is 4.12. The molecule has 0 aromatic carbocycles. The van der Waals surface area contributed by atoms with E-state index in [9.17, 15) is 4.79 Å². The molecule has 0 saturated carbocycles. The van der Waals surface area contributed by atoms with Gasteiger partial charge < -0.3 is 4.79 Å². The molecule has 0 aliphatic carbocycles. The Hall–Kier alpha value is -0.370. The van der Waals surface area contributed by atoms with Gasteiger partial charge in [-0.05, 0) is 19.8 Å². The number of rotatable bonds is 1. The van der Waals surface area contributed by atoms with Crippen molar-refractivity contribution in [3.05, 3.63) is 0 Å². The molecule has 0 unspecified atom stereocenters. The first-order valence-corrected chi connectivity index (χ1v) is 2.92. The lowest BCUT2D eigenvalue weighted by molar-refractivity contribution is -0.112. The minimum absolute atomic E-state index is 0.319. The maximum absolute atomic E-state index is 10.2. The second kappa shape index (κ2) is 1.86. The maximum atomic E-state index is 10.2. The molecule has 45 valence electrons. The van der Waals surface area contributed by atoms with Crippen LogP contribution in [0.2, 0.25) is 0 Å². The Bertz CT molecular complexity index is 94.7. The zero-order chi connectivity index (χ0) is 6.04. The molecule has 0 aromatic heterocycles. The van der Waals surface area contributed by atoms with Crippen molar-refractivity contribution in [2.75, 3.05) is 6.54 Å². The van der Waals surface area contributed by atoms with Gasteiger partial charge in [0.1, 0.15) is 6.29 Å². The molecular weight excluding hydrogens is 102 g/mol. The molecule has 0 spiro atoms. The molecule has 0 amide bonds. The summed E-state index contributed by atoms with van der Waals surface area (Å²) in [5.74, 6) is 0. The van der Waals surface area contributed by atoms with E-state index in [0.29, 0.717) is 0 Å². The molecule has 1 heterocycles. The van der Waals surface area contributed by atoms with Crippen molar-refractivity contribution in [2.24, 2.45) is 0 Å². The van der Waals surface area contributed by atoms with Crippen LogP contribution in [0.1, 0.15) is 19.8 Å². The van der Waals surface area contributed by atoms with Crippen LogP contribution in [0.25, 0.3) is 0 Å². The van der Waals surface area contributed by atoms with Crippen molar-refractivity contribution in [1.82, 2.24) is 5.32 Å². The predicted octanol–water partition coefficient (Wildman–Crippen LogP) is 0.342. The molecule has 2 heteroatoms. The molecule has 1 radical (unpaired) electrons. The summed E-state index contributed by atoms with van der Waals surface area (Å²) < 4.78 is 0. The summed E-state index contributed by atoms with van der Waals surface area (Å²) in [6.45, 7) is 2.75. The molecule has 8 heavy (non-hydrogen) atoms. The van der Waals surface area contributed by atoms with Crippen LogP contribution in [-0.4, -0.2) is 18.4 Å². The third-order valence-electron chi connectivity index (χ3n) is 1.57. The van der Waals surface area contributed by atoms with Gasteiger partial charge >= 0.3 is 0 Å². The Morgan fingerprint density at radius 3 is 2.75 bits per heavy atom. The summed E-state index contributed by atoms with van der Waals surface area (Å²) in [7, 11) is 0. The molecular formula is C6H10NO. The maximum Gasteiger partial charge on any atom is 0.141 e. The van der Waals surface area contributed by atoms with Crippen LogP contribution in [-0.2, 0) is 4.79 Å². The van der Waals surface area contributed by atoms with Gasteiger partial charge in [0.15, 0.2) is 0 Å². The van der Waals surface area contributed by atoms with Crippen molar-refractivity contribution in [2.45, 2.75) is 25.3 Å². The van der Waals surface area contributed by atoms with E-state index in [1.807, 2.05) is 6.92 Å². The number of hydrogen-bond acceptors (Lipinski definition) is 1. The second-order valence-corrected chi connectivity index (χ2v) is 2.46. The van der Waals surface area contributed by atoms with E-state index in [0.717, 1.165) is 25.7 Å². The molecule has 1 saturated heterocycles. The molecule has 0 N–H and O–H groups in total. The average Bonchev–Trinajstić information content (AvgIpc) is 2.17. The lowest BCUT2D eigenvalue weighted by Gasteiger charge is -2.11. The highest BCUT2D eigenvalue weighted by atomic mass is 16.1. The van der Waals surface area contributed by atoms with Gasteiger partial charge in [0.05, 0.1) is 5.54 Å². The molecule has 1 aliphatic rings. The minimum Gasteiger partial charge on any atom is -0.301 e. The van der Waals surface area contributed by atoms with Crippen LogP contribution in [0.5, 0.6) is 0 Å². The van der Waals surface area contributed by atoms with Crippen molar-refractivity contribution in [3.8, 4) is 0 Å². The Morgan fingerprint density at radius 2 is 2.50 bits per heavy atom. The molecule has 1 aliphatic heterocycles. The fourth-order valence-electron chi connectivity index (χ4n) is 0.947. The fraction of sp³-hybridized carbons (Fsp3) is 0.833. The van der Waals surface area contributed by atoms with Crippen molar-refractivity contribution >= 4 is 6.29 Å². The van der Waals surface area contributed by atoms with E-state index in [1.165, 1.54) is 0 Å². The van der Waals surface area contributed by atoms with Crippen molar-refractivity contribution < 1.29 is 4.79 Å². The lowest BCUT2D eigenvalue weighted by Crippen LogP contribution is -2.31. The van der Waals surface area contributed by atoms with Crippen LogP contribution < -0.4 is 5.32 Å². The van der Waals surface area contributed by atoms with Gasteiger partial charge in [-0.15, -0.1) is 0 Å². The summed E-state index contributed by atoms with van der Waals surface area (Å²) in [4.78, 5) is 10.2. The highest BCUT2D eigenvalue weighted by Crippen LogP contribution is 2.16. The molecule has 0 bridgehead atoms. The van der Waals surface area contributed by atoms with Crippen LogP contribution >= 0.6 is 0 Å². The monoisotopic (exact) mass is 112 g/mol. The van der Waals surface area contributed by atoms with Gasteiger partial charge in [-0.2, -0.15) is 0 Å². The first kappa shape index (κ1) is 5.76. The van der Waals surface area contributed by atoms with Gasteiger partial charge in [0, 0.05) is 6.54 Å². The molecule has 2 nitrogen and oxygen atoms in total. The third-order valence-corrected chi connectivity index (χ3v) is 1.57. The molecule has 0 aromatic rings. The van der Waals surface area contributed by atoms with Gasteiger partial charge in [-0.1, -0.05) is 0 Å². The SMILES string of the molecule is C[C@@]1(C=O)CCC[N]1. The zero-order valence-electron chi connectivity index (χ0n) is 5.05. The number of carbonyl (C=O) groups excluding carboxylic acids is 1. The van der Waals surface area contributed by atoms with Crippen LogP contribution in [0.4, 0.5) is 0 Å². The van der Waals surface area contributed by atoms with Gasteiger partial charge in [0.2, 0.25) is 0 Å². The second-order valence-electron chi connectivity index (χ2n) is 2.46. The Labute approximate surface area is 49.3 Å². The largest absolute Gasteiger partial charge is 0.301 e. The number of aldehydes is 1. The average molecular weight is 112 g/mol. The van der Waals surface area contributed by atoms with Gasteiger partial charge in [0.25, 0.3) is 0 Å². The Balaban J connectivity index is 2.52. The van der Waals surface area contributed by atoms with Crippen LogP contribution in [0.15, 0.2) is 0 Å². The predicted molar refractivity (Wildman–Crippen MR) is 30.7 cm³/mol. The van der Waals surface area contributed by atoms with Gasteiger partial charge in [-0.25, -0.2) is 5.32 Å². The van der Waals surface area contributed by atoms with E-state index < -0.39 is 0 Å². The van der Waals surface area contributed by atoms with E-state index in [4.69, 9.17) is 0 Å². The molecule has 1 rings (SSSR count). The summed E-state index contributed by atoms with van der Waals surface area (Å²) >= 11 is 0. The number of nitrogens with zero attached hydrogens (tertiary/aromatic N) is 1. The van der Waals surface area contributed by atoms with E-state index >= 15 is 0 Å². The van der Waals surface area contributed by atoms with E-state index in [1.54, 1.807) is 0 Å². The first-order valence-electron chi connectivity index (χ1n) is 2.92. The Morgan fingerprint density at radius 1 is 1.75 bits per heavy atom. The summed E-state index contributed by atoms with van der Waals surface area (Å²) in [6, 6.07) is 0. The van der Waals surface area contributed by atoms with E-state index in [2.05, 4.69) is 5.32 Å². The topological polar surface area (TPSA) is 31.2 Å². The summed E-state index contributed by atoms with van der Waals surface area (Å²) in [5.41, 5.74) is -0.319. The zero-order valence-corrected chi connectivity index (χ0v) is 5.05.